The van der Waals surface area contributed by atoms with Crippen LogP contribution in [0.1, 0.15) is 25.7 Å². The molecule has 2 heterocycles. The Hall–Kier alpha value is -3.02. The molecule has 29 heavy (non-hydrogen) atoms. The van der Waals surface area contributed by atoms with Gasteiger partial charge >= 0.3 is 0 Å². The summed E-state index contributed by atoms with van der Waals surface area (Å²) >= 11 is 0. The summed E-state index contributed by atoms with van der Waals surface area (Å²) in [6.07, 6.45) is 3.97. The maximum Gasteiger partial charge on any atom is 0.229 e. The SMILES string of the molecule is COc1ccccc1N1C[C@H](C(=O)Nc2ccc(N3CCCCC3)cc2)CC1=O. The third-order valence-electron chi connectivity index (χ3n) is 5.73. The Labute approximate surface area is 171 Å². The predicted octanol–water partition coefficient (Wildman–Crippen LogP) is 3.68. The van der Waals surface area contributed by atoms with Crippen LogP contribution in [0.25, 0.3) is 0 Å². The molecule has 2 fully saturated rings. The number of nitrogens with one attached hydrogen (secondary N) is 1. The van der Waals surface area contributed by atoms with Gasteiger partial charge in [0.1, 0.15) is 5.75 Å². The number of nitrogens with zero attached hydrogens (tertiary/aromatic N) is 2. The summed E-state index contributed by atoms with van der Waals surface area (Å²) in [5.41, 5.74) is 2.67. The number of piperidine rings is 1. The number of para-hydroxylation sites is 2. The second kappa shape index (κ2) is 8.55. The fourth-order valence-corrected chi connectivity index (χ4v) is 4.12. The van der Waals surface area contributed by atoms with Gasteiger partial charge in [-0.25, -0.2) is 0 Å². The van der Waals surface area contributed by atoms with E-state index in [1.54, 1.807) is 12.0 Å². The average molecular weight is 393 g/mol. The molecule has 4 rings (SSSR count). The smallest absolute Gasteiger partial charge is 0.229 e. The maximum atomic E-state index is 12.7. The molecule has 152 valence electrons. The summed E-state index contributed by atoms with van der Waals surface area (Å²) < 4.78 is 5.36. The summed E-state index contributed by atoms with van der Waals surface area (Å²) in [4.78, 5) is 29.3. The van der Waals surface area contributed by atoms with Gasteiger partial charge in [-0.2, -0.15) is 0 Å². The number of hydrogen-bond acceptors (Lipinski definition) is 4. The molecule has 6 heteroatoms. The first-order valence-electron chi connectivity index (χ1n) is 10.2. The molecule has 2 saturated heterocycles. The van der Waals surface area contributed by atoms with Gasteiger partial charge < -0.3 is 19.9 Å². The van der Waals surface area contributed by atoms with Crippen molar-refractivity contribution in [1.82, 2.24) is 0 Å². The van der Waals surface area contributed by atoms with Crippen molar-refractivity contribution in [2.45, 2.75) is 25.7 Å². The minimum absolute atomic E-state index is 0.0601. The lowest BCUT2D eigenvalue weighted by atomic mass is 10.1. The number of carbonyl (C=O) groups excluding carboxylic acids is 2. The zero-order valence-electron chi connectivity index (χ0n) is 16.8. The van der Waals surface area contributed by atoms with Crippen LogP contribution in [0.2, 0.25) is 0 Å². The van der Waals surface area contributed by atoms with Gasteiger partial charge in [-0.15, -0.1) is 0 Å². The van der Waals surface area contributed by atoms with E-state index in [-0.39, 0.29) is 24.2 Å². The van der Waals surface area contributed by atoms with Crippen LogP contribution in [-0.2, 0) is 9.59 Å². The Kier molecular flexibility index (Phi) is 5.69. The Balaban J connectivity index is 1.39. The summed E-state index contributed by atoms with van der Waals surface area (Å²) in [6.45, 7) is 2.54. The first kappa shape index (κ1) is 19.3. The first-order chi connectivity index (χ1) is 14.2. The van der Waals surface area contributed by atoms with Gasteiger partial charge in [-0.1, -0.05) is 12.1 Å². The van der Waals surface area contributed by atoms with Crippen LogP contribution in [0.3, 0.4) is 0 Å². The molecule has 0 aliphatic carbocycles. The van der Waals surface area contributed by atoms with Gasteiger partial charge in [-0.3, -0.25) is 9.59 Å². The highest BCUT2D eigenvalue weighted by Crippen LogP contribution is 2.33. The number of rotatable bonds is 5. The van der Waals surface area contributed by atoms with Crippen molar-refractivity contribution in [3.05, 3.63) is 48.5 Å². The highest BCUT2D eigenvalue weighted by atomic mass is 16.5. The third kappa shape index (κ3) is 4.21. The summed E-state index contributed by atoms with van der Waals surface area (Å²) in [5, 5.41) is 2.97. The molecular weight excluding hydrogens is 366 g/mol. The van der Waals surface area contributed by atoms with Crippen molar-refractivity contribution in [2.75, 3.05) is 41.9 Å². The van der Waals surface area contributed by atoms with Gasteiger partial charge in [0, 0.05) is 37.4 Å². The van der Waals surface area contributed by atoms with Crippen LogP contribution >= 0.6 is 0 Å². The fourth-order valence-electron chi connectivity index (χ4n) is 4.12. The van der Waals surface area contributed by atoms with Crippen LogP contribution in [0.5, 0.6) is 5.75 Å². The van der Waals surface area contributed by atoms with Crippen molar-refractivity contribution in [3.63, 3.8) is 0 Å². The van der Waals surface area contributed by atoms with Crippen LogP contribution in [0.4, 0.5) is 17.1 Å². The van der Waals surface area contributed by atoms with Gasteiger partial charge in [-0.05, 0) is 55.7 Å². The van der Waals surface area contributed by atoms with E-state index in [0.717, 1.165) is 18.8 Å². The van der Waals surface area contributed by atoms with Gasteiger partial charge in [0.2, 0.25) is 11.8 Å². The largest absolute Gasteiger partial charge is 0.495 e. The monoisotopic (exact) mass is 393 g/mol. The van der Waals surface area contributed by atoms with E-state index in [4.69, 9.17) is 4.74 Å². The zero-order chi connectivity index (χ0) is 20.2. The molecule has 2 aromatic carbocycles. The zero-order valence-corrected chi connectivity index (χ0v) is 16.8. The van der Waals surface area contributed by atoms with Crippen molar-refractivity contribution < 1.29 is 14.3 Å². The molecule has 0 radical (unpaired) electrons. The van der Waals surface area contributed by atoms with E-state index >= 15 is 0 Å². The number of ether oxygens (including phenoxy) is 1. The van der Waals surface area contributed by atoms with Crippen molar-refractivity contribution >= 4 is 28.9 Å². The first-order valence-corrected chi connectivity index (χ1v) is 10.2. The second-order valence-corrected chi connectivity index (χ2v) is 7.66. The van der Waals surface area contributed by atoms with E-state index in [2.05, 4.69) is 22.3 Å². The number of carbonyl (C=O) groups is 2. The molecule has 0 saturated carbocycles. The highest BCUT2D eigenvalue weighted by molar-refractivity contribution is 6.04. The molecule has 2 aliphatic heterocycles. The van der Waals surface area contributed by atoms with E-state index in [1.807, 2.05) is 36.4 Å². The summed E-state index contributed by atoms with van der Waals surface area (Å²) in [7, 11) is 1.58. The molecule has 0 unspecified atom stereocenters. The van der Waals surface area contributed by atoms with E-state index < -0.39 is 0 Å². The minimum Gasteiger partial charge on any atom is -0.495 e. The van der Waals surface area contributed by atoms with E-state index in [1.165, 1.54) is 24.9 Å². The standard InChI is InChI=1S/C23H27N3O3/c1-29-21-8-4-3-7-20(21)26-16-17(15-22(26)27)23(28)24-18-9-11-19(12-10-18)25-13-5-2-6-14-25/h3-4,7-12,17H,2,5-6,13-16H2,1H3,(H,24,28)/t17-/m1/s1. The Morgan fingerprint density at radius 2 is 1.76 bits per heavy atom. The van der Waals surface area contributed by atoms with Crippen molar-refractivity contribution in [1.29, 1.82) is 0 Å². The van der Waals surface area contributed by atoms with Crippen molar-refractivity contribution in [2.24, 2.45) is 5.92 Å². The molecule has 0 spiro atoms. The topological polar surface area (TPSA) is 61.9 Å². The maximum absolute atomic E-state index is 12.7. The lowest BCUT2D eigenvalue weighted by molar-refractivity contribution is -0.122. The Bertz CT molecular complexity index is 875. The van der Waals surface area contributed by atoms with Crippen LogP contribution < -0.4 is 19.9 Å². The number of amides is 2. The van der Waals surface area contributed by atoms with Crippen molar-refractivity contribution in [3.8, 4) is 5.75 Å². The summed E-state index contributed by atoms with van der Waals surface area (Å²) in [5.74, 6) is 0.0703. The Morgan fingerprint density at radius 3 is 2.48 bits per heavy atom. The predicted molar refractivity (Wildman–Crippen MR) is 115 cm³/mol. The molecule has 0 aromatic heterocycles. The van der Waals surface area contributed by atoms with E-state index in [0.29, 0.717) is 18.0 Å². The normalized spacial score (nSPS) is 19.3. The quantitative estimate of drug-likeness (QED) is 0.842. The van der Waals surface area contributed by atoms with Crippen LogP contribution in [-0.4, -0.2) is 38.6 Å². The average Bonchev–Trinajstić information content (AvgIpc) is 3.16. The summed E-state index contributed by atoms with van der Waals surface area (Å²) in [6, 6.07) is 15.4. The molecule has 6 nitrogen and oxygen atoms in total. The highest BCUT2D eigenvalue weighted by Gasteiger charge is 2.36. The van der Waals surface area contributed by atoms with Gasteiger partial charge in [0.05, 0.1) is 18.7 Å². The number of benzene rings is 2. The van der Waals surface area contributed by atoms with Gasteiger partial charge in [0.25, 0.3) is 0 Å². The Morgan fingerprint density at radius 1 is 1.03 bits per heavy atom. The molecule has 0 bridgehead atoms. The van der Waals surface area contributed by atoms with E-state index in [9.17, 15) is 9.59 Å². The molecular formula is C23H27N3O3. The molecule has 2 aliphatic rings. The lowest BCUT2D eigenvalue weighted by Crippen LogP contribution is -2.29. The number of hydrogen-bond donors (Lipinski definition) is 1. The third-order valence-corrected chi connectivity index (χ3v) is 5.73. The molecule has 2 aromatic rings. The molecule has 1 N–H and O–H groups in total. The van der Waals surface area contributed by atoms with Crippen LogP contribution in [0.15, 0.2) is 48.5 Å². The second-order valence-electron chi connectivity index (χ2n) is 7.66. The molecule has 2 amide bonds. The number of anilines is 3. The minimum atomic E-state index is -0.380. The lowest BCUT2D eigenvalue weighted by Gasteiger charge is -2.28. The number of methoxy groups -OCH3 is 1. The van der Waals surface area contributed by atoms with Gasteiger partial charge in [0.15, 0.2) is 0 Å². The molecule has 1 atom stereocenters. The fraction of sp³-hybridized carbons (Fsp3) is 0.391. The van der Waals surface area contributed by atoms with Crippen LogP contribution in [0, 0.1) is 5.92 Å².